The van der Waals surface area contributed by atoms with Gasteiger partial charge in [-0.3, -0.25) is 9.59 Å². The van der Waals surface area contributed by atoms with Crippen molar-refractivity contribution in [1.29, 1.82) is 0 Å². The number of benzene rings is 2. The molecule has 186 valence electrons. The molecule has 0 radical (unpaired) electrons. The fourth-order valence-corrected chi connectivity index (χ4v) is 4.68. The van der Waals surface area contributed by atoms with Crippen molar-refractivity contribution in [3.05, 3.63) is 64.4 Å². The highest BCUT2D eigenvalue weighted by atomic mass is 79.9. The van der Waals surface area contributed by atoms with E-state index in [1.807, 2.05) is 19.1 Å². The van der Waals surface area contributed by atoms with E-state index in [1.165, 1.54) is 37.2 Å². The van der Waals surface area contributed by atoms with Crippen LogP contribution in [0.2, 0.25) is 0 Å². The van der Waals surface area contributed by atoms with Gasteiger partial charge in [-0.2, -0.15) is 12.7 Å². The smallest absolute Gasteiger partial charge is 0.304 e. The summed E-state index contributed by atoms with van der Waals surface area (Å²) in [6, 6.07) is 11.7. The Labute approximate surface area is 209 Å². The van der Waals surface area contributed by atoms with Crippen molar-refractivity contribution in [2.45, 2.75) is 32.9 Å². The van der Waals surface area contributed by atoms with E-state index in [9.17, 15) is 22.4 Å². The lowest BCUT2D eigenvalue weighted by Gasteiger charge is -2.33. The first-order chi connectivity index (χ1) is 16.0. The first kappa shape index (κ1) is 27.7. The van der Waals surface area contributed by atoms with Crippen LogP contribution >= 0.6 is 15.9 Å². The van der Waals surface area contributed by atoms with Crippen molar-refractivity contribution in [3.63, 3.8) is 0 Å². The zero-order valence-corrected chi connectivity index (χ0v) is 22.1. The van der Waals surface area contributed by atoms with Gasteiger partial charge in [-0.15, -0.1) is 0 Å². The van der Waals surface area contributed by atoms with Crippen LogP contribution in [0.1, 0.15) is 25.8 Å². The highest BCUT2D eigenvalue weighted by Gasteiger charge is 2.33. The number of nitrogens with zero attached hydrogens (tertiary/aromatic N) is 3. The third kappa shape index (κ3) is 7.00. The average molecular weight is 557 g/mol. The van der Waals surface area contributed by atoms with Crippen LogP contribution in [-0.2, 0) is 26.3 Å². The molecular weight excluding hydrogens is 527 g/mol. The van der Waals surface area contributed by atoms with E-state index >= 15 is 0 Å². The molecule has 0 aromatic heterocycles. The molecule has 2 rings (SSSR count). The van der Waals surface area contributed by atoms with Gasteiger partial charge in [0.15, 0.2) is 0 Å². The van der Waals surface area contributed by atoms with E-state index in [0.717, 1.165) is 31.1 Å². The summed E-state index contributed by atoms with van der Waals surface area (Å²) in [6.45, 7) is 3.31. The summed E-state index contributed by atoms with van der Waals surface area (Å²) in [6.07, 6.45) is 0.722. The summed E-state index contributed by atoms with van der Waals surface area (Å²) in [5.74, 6) is -1.79. The van der Waals surface area contributed by atoms with E-state index in [4.69, 9.17) is 0 Å². The first-order valence-electron chi connectivity index (χ1n) is 10.7. The third-order valence-electron chi connectivity index (χ3n) is 5.10. The molecule has 0 saturated heterocycles. The molecule has 34 heavy (non-hydrogen) atoms. The largest absolute Gasteiger partial charge is 0.354 e. The molecule has 0 aliphatic rings. The van der Waals surface area contributed by atoms with Crippen LogP contribution in [0.3, 0.4) is 0 Å². The van der Waals surface area contributed by atoms with Crippen LogP contribution in [0.4, 0.5) is 10.1 Å². The van der Waals surface area contributed by atoms with Crippen LogP contribution in [0.15, 0.2) is 53.0 Å². The van der Waals surface area contributed by atoms with E-state index in [2.05, 4.69) is 21.2 Å². The van der Waals surface area contributed by atoms with Crippen molar-refractivity contribution in [1.82, 2.24) is 14.5 Å². The second-order valence-electron chi connectivity index (χ2n) is 7.87. The maximum atomic E-state index is 14.6. The van der Waals surface area contributed by atoms with Gasteiger partial charge >= 0.3 is 10.2 Å². The van der Waals surface area contributed by atoms with Crippen LogP contribution in [0.5, 0.6) is 0 Å². The summed E-state index contributed by atoms with van der Waals surface area (Å²) in [4.78, 5) is 27.5. The van der Waals surface area contributed by atoms with Gasteiger partial charge in [0.05, 0.1) is 5.69 Å². The van der Waals surface area contributed by atoms with Crippen molar-refractivity contribution >= 4 is 43.6 Å². The van der Waals surface area contributed by atoms with Gasteiger partial charge in [-0.25, -0.2) is 8.70 Å². The lowest BCUT2D eigenvalue weighted by molar-refractivity contribution is -0.139. The minimum atomic E-state index is -4.21. The Morgan fingerprint density at radius 3 is 2.38 bits per heavy atom. The number of hydrogen-bond acceptors (Lipinski definition) is 4. The third-order valence-corrected chi connectivity index (χ3v) is 7.40. The quantitative estimate of drug-likeness (QED) is 0.460. The molecule has 0 aliphatic heterocycles. The number of carbonyl (C=O) groups is 2. The monoisotopic (exact) mass is 556 g/mol. The molecule has 11 heteroatoms. The van der Waals surface area contributed by atoms with Crippen LogP contribution in [0, 0.1) is 5.82 Å². The molecule has 2 aromatic carbocycles. The van der Waals surface area contributed by atoms with Gasteiger partial charge in [-0.05, 0) is 43.2 Å². The van der Waals surface area contributed by atoms with Crippen molar-refractivity contribution in [2.75, 3.05) is 31.5 Å². The maximum absolute atomic E-state index is 14.6. The minimum Gasteiger partial charge on any atom is -0.354 e. The highest BCUT2D eigenvalue weighted by molar-refractivity contribution is 9.10. The van der Waals surface area contributed by atoms with Gasteiger partial charge in [0.2, 0.25) is 11.8 Å². The number of anilines is 1. The Morgan fingerprint density at radius 2 is 1.79 bits per heavy atom. The number of para-hydroxylation sites is 1. The molecule has 1 unspecified atom stereocenters. The molecular formula is C23H30BrFN4O4S. The number of halogens is 2. The topological polar surface area (TPSA) is 90.0 Å². The molecule has 2 aromatic rings. The van der Waals surface area contributed by atoms with Crippen LogP contribution < -0.4 is 9.62 Å². The Balaban J connectivity index is 2.45. The van der Waals surface area contributed by atoms with Crippen molar-refractivity contribution < 1.29 is 22.4 Å². The zero-order valence-electron chi connectivity index (χ0n) is 19.7. The average Bonchev–Trinajstić information content (AvgIpc) is 2.79. The Kier molecular flexibility index (Phi) is 10.0. The lowest BCUT2D eigenvalue weighted by atomic mass is 10.1. The van der Waals surface area contributed by atoms with Crippen molar-refractivity contribution in [3.8, 4) is 0 Å². The highest BCUT2D eigenvalue weighted by Crippen LogP contribution is 2.24. The zero-order chi connectivity index (χ0) is 25.5. The second-order valence-corrected chi connectivity index (χ2v) is 10.8. The summed E-state index contributed by atoms with van der Waals surface area (Å²) >= 11 is 3.39. The molecule has 0 bridgehead atoms. The molecule has 0 heterocycles. The standard InChI is InChI=1S/C23H30BrFN4O4S/c1-5-13-26-23(31)17(2)28(15-18-9-8-10-19(24)14-18)22(30)16-29(34(32,33)27(3)4)21-12-7-6-11-20(21)25/h6-12,14,17H,5,13,15-16H2,1-4H3,(H,26,31). The Hall–Kier alpha value is -2.50. The fourth-order valence-electron chi connectivity index (χ4n) is 3.17. The summed E-state index contributed by atoms with van der Waals surface area (Å²) < 4.78 is 43.0. The Morgan fingerprint density at radius 1 is 1.12 bits per heavy atom. The van der Waals surface area contributed by atoms with Crippen molar-refractivity contribution in [2.24, 2.45) is 0 Å². The van der Waals surface area contributed by atoms with E-state index in [1.54, 1.807) is 19.1 Å². The molecule has 0 aliphatic carbocycles. The SMILES string of the molecule is CCCNC(=O)C(C)N(Cc1cccc(Br)c1)C(=O)CN(c1ccccc1F)S(=O)(=O)N(C)C. The van der Waals surface area contributed by atoms with Gasteiger partial charge in [0.1, 0.15) is 18.4 Å². The molecule has 1 atom stereocenters. The predicted octanol–water partition coefficient (Wildman–Crippen LogP) is 3.14. The van der Waals surface area contributed by atoms with E-state index < -0.39 is 34.5 Å². The number of hydrogen-bond donors (Lipinski definition) is 1. The minimum absolute atomic E-state index is 0.0616. The molecule has 2 amide bonds. The molecule has 0 saturated carbocycles. The maximum Gasteiger partial charge on any atom is 0.304 e. The number of nitrogens with one attached hydrogen (secondary N) is 1. The number of rotatable bonds is 11. The van der Waals surface area contributed by atoms with E-state index in [-0.39, 0.29) is 18.1 Å². The predicted molar refractivity (Wildman–Crippen MR) is 134 cm³/mol. The normalized spacial score (nSPS) is 12.3. The second kappa shape index (κ2) is 12.3. The Bertz CT molecular complexity index is 1110. The van der Waals surface area contributed by atoms with Gasteiger partial charge in [0.25, 0.3) is 0 Å². The molecule has 1 N–H and O–H groups in total. The molecule has 0 fully saturated rings. The van der Waals surface area contributed by atoms with Gasteiger partial charge in [-0.1, -0.05) is 47.1 Å². The number of amides is 2. The first-order valence-corrected chi connectivity index (χ1v) is 12.9. The van der Waals surface area contributed by atoms with Crippen LogP contribution in [0.25, 0.3) is 0 Å². The summed E-state index contributed by atoms with van der Waals surface area (Å²) in [5, 5.41) is 2.77. The number of carbonyl (C=O) groups excluding carboxylic acids is 2. The van der Waals surface area contributed by atoms with Crippen LogP contribution in [-0.4, -0.2) is 62.7 Å². The summed E-state index contributed by atoms with van der Waals surface area (Å²) in [5.41, 5.74) is 0.487. The van der Waals surface area contributed by atoms with E-state index in [0.29, 0.717) is 6.54 Å². The molecule has 0 spiro atoms. The fraction of sp³-hybridized carbons (Fsp3) is 0.391. The van der Waals surface area contributed by atoms with Gasteiger partial charge in [0, 0.05) is 31.7 Å². The molecule has 8 nitrogen and oxygen atoms in total. The summed E-state index contributed by atoms with van der Waals surface area (Å²) in [7, 11) is -1.61. The lowest BCUT2D eigenvalue weighted by Crippen LogP contribution is -2.52. The van der Waals surface area contributed by atoms with Gasteiger partial charge < -0.3 is 10.2 Å².